The van der Waals surface area contributed by atoms with Crippen molar-refractivity contribution >= 4 is 22.5 Å². The molecule has 1 aromatic carbocycles. The van der Waals surface area contributed by atoms with Crippen LogP contribution < -0.4 is 10.2 Å². The highest BCUT2D eigenvalue weighted by Crippen LogP contribution is 2.33. The van der Waals surface area contributed by atoms with Gasteiger partial charge in [0.15, 0.2) is 0 Å². The highest BCUT2D eigenvalue weighted by atomic mass is 19.1. The van der Waals surface area contributed by atoms with Gasteiger partial charge in [0.1, 0.15) is 5.67 Å². The third-order valence-electron chi connectivity index (χ3n) is 6.61. The minimum absolute atomic E-state index is 0.0263. The summed E-state index contributed by atoms with van der Waals surface area (Å²) in [6.45, 7) is 7.26. The molecule has 0 bridgehead atoms. The lowest BCUT2D eigenvalue weighted by Crippen LogP contribution is -2.46. The van der Waals surface area contributed by atoms with Gasteiger partial charge < -0.3 is 15.1 Å². The zero-order valence-corrected chi connectivity index (χ0v) is 17.6. The first kappa shape index (κ1) is 20.1. The third kappa shape index (κ3) is 4.22. The molecule has 4 rings (SSSR count). The number of aromatic nitrogens is 1. The SMILES string of the molecule is Cc1ccc(N2CC(NC(=O)CC3(F)CCN(C)CC3)[C@H](C)C2)c2cccnc12. The van der Waals surface area contributed by atoms with E-state index in [-0.39, 0.29) is 18.4 Å². The van der Waals surface area contributed by atoms with Gasteiger partial charge in [-0.1, -0.05) is 13.0 Å². The summed E-state index contributed by atoms with van der Waals surface area (Å²) in [5, 5.41) is 4.26. The predicted molar refractivity (Wildman–Crippen MR) is 115 cm³/mol. The molecular formula is C23H31FN4O. The Hall–Kier alpha value is -2.21. The van der Waals surface area contributed by atoms with Gasteiger partial charge in [0.05, 0.1) is 18.0 Å². The van der Waals surface area contributed by atoms with E-state index in [4.69, 9.17) is 0 Å². The van der Waals surface area contributed by atoms with Crippen LogP contribution in [0, 0.1) is 12.8 Å². The number of fused-ring (bicyclic) bond motifs is 1. The van der Waals surface area contributed by atoms with Crippen molar-refractivity contribution in [1.29, 1.82) is 0 Å². The number of carbonyl (C=O) groups is 1. The van der Waals surface area contributed by atoms with Crippen LogP contribution in [0.25, 0.3) is 10.9 Å². The zero-order valence-electron chi connectivity index (χ0n) is 17.6. The Balaban J connectivity index is 1.43. The molecule has 6 heteroatoms. The van der Waals surface area contributed by atoms with E-state index < -0.39 is 5.67 Å². The van der Waals surface area contributed by atoms with Crippen molar-refractivity contribution in [2.75, 3.05) is 38.1 Å². The highest BCUT2D eigenvalue weighted by molar-refractivity contribution is 5.94. The number of aryl methyl sites for hydroxylation is 1. The van der Waals surface area contributed by atoms with E-state index in [2.05, 4.69) is 52.1 Å². The molecule has 3 heterocycles. The number of nitrogens with one attached hydrogen (secondary N) is 1. The van der Waals surface area contributed by atoms with Gasteiger partial charge in [-0.25, -0.2) is 4.39 Å². The highest BCUT2D eigenvalue weighted by Gasteiger charge is 2.38. The molecule has 1 amide bonds. The number of anilines is 1. The molecule has 2 saturated heterocycles. The van der Waals surface area contributed by atoms with Gasteiger partial charge in [0.2, 0.25) is 5.91 Å². The maximum absolute atomic E-state index is 15.0. The molecule has 1 unspecified atom stereocenters. The van der Waals surface area contributed by atoms with Gasteiger partial charge in [-0.05, 0) is 56.5 Å². The number of halogens is 1. The molecule has 0 saturated carbocycles. The lowest BCUT2D eigenvalue weighted by atomic mass is 9.89. The molecule has 5 nitrogen and oxygen atoms in total. The number of hydrogen-bond donors (Lipinski definition) is 1. The monoisotopic (exact) mass is 398 g/mol. The average Bonchev–Trinajstić information content (AvgIpc) is 3.05. The number of nitrogens with zero attached hydrogens (tertiary/aromatic N) is 3. The topological polar surface area (TPSA) is 48.5 Å². The summed E-state index contributed by atoms with van der Waals surface area (Å²) < 4.78 is 15.0. The van der Waals surface area contributed by atoms with Crippen LogP contribution in [0.5, 0.6) is 0 Å². The summed E-state index contributed by atoms with van der Waals surface area (Å²) in [6.07, 6.45) is 2.67. The molecule has 29 heavy (non-hydrogen) atoms. The van der Waals surface area contributed by atoms with Crippen molar-refractivity contribution in [3.05, 3.63) is 36.0 Å². The van der Waals surface area contributed by atoms with Gasteiger partial charge >= 0.3 is 0 Å². The molecule has 1 aromatic heterocycles. The standard InChI is InChI=1S/C23H31FN4O/c1-16-6-7-20(18-5-4-10-25-22(16)18)28-14-17(2)19(15-28)26-21(29)13-23(24)8-11-27(3)12-9-23/h4-7,10,17,19H,8-9,11-15H2,1-3H3,(H,26,29)/t17-,19?/m1/s1. The van der Waals surface area contributed by atoms with Gasteiger partial charge in [0, 0.05) is 43.4 Å². The second-order valence-electron chi connectivity index (χ2n) is 8.99. The maximum atomic E-state index is 15.0. The summed E-state index contributed by atoms with van der Waals surface area (Å²) in [7, 11) is 2.00. The molecule has 2 aliphatic heterocycles. The Kier molecular flexibility index (Phi) is 5.47. The third-order valence-corrected chi connectivity index (χ3v) is 6.61. The van der Waals surface area contributed by atoms with Crippen molar-refractivity contribution in [3.8, 4) is 0 Å². The molecule has 2 atom stereocenters. The number of pyridine rings is 1. The lowest BCUT2D eigenvalue weighted by molar-refractivity contribution is -0.125. The normalized spacial score (nSPS) is 24.8. The van der Waals surface area contributed by atoms with E-state index in [1.807, 2.05) is 19.3 Å². The van der Waals surface area contributed by atoms with E-state index in [1.165, 1.54) is 0 Å². The molecule has 156 valence electrons. The van der Waals surface area contributed by atoms with E-state index in [0.29, 0.717) is 31.8 Å². The minimum Gasteiger partial charge on any atom is -0.369 e. The molecule has 2 aliphatic rings. The Labute approximate surface area is 172 Å². The van der Waals surface area contributed by atoms with Crippen LogP contribution in [0.4, 0.5) is 10.1 Å². The Morgan fingerprint density at radius 1 is 1.28 bits per heavy atom. The molecule has 0 aliphatic carbocycles. The van der Waals surface area contributed by atoms with Gasteiger partial charge in [-0.3, -0.25) is 9.78 Å². The van der Waals surface area contributed by atoms with E-state index in [1.54, 1.807) is 0 Å². The van der Waals surface area contributed by atoms with Crippen LogP contribution in [0.1, 0.15) is 31.7 Å². The summed E-state index contributed by atoms with van der Waals surface area (Å²) in [5.74, 6) is 0.145. The van der Waals surface area contributed by atoms with Gasteiger partial charge in [-0.2, -0.15) is 0 Å². The number of hydrogen-bond acceptors (Lipinski definition) is 4. The number of amides is 1. The van der Waals surface area contributed by atoms with Gasteiger partial charge in [-0.15, -0.1) is 0 Å². The maximum Gasteiger partial charge on any atom is 0.223 e. The number of piperidine rings is 1. The fourth-order valence-electron chi connectivity index (χ4n) is 4.67. The quantitative estimate of drug-likeness (QED) is 0.859. The molecule has 1 N–H and O–H groups in total. The van der Waals surface area contributed by atoms with E-state index >= 15 is 4.39 Å². The fraction of sp³-hybridized carbons (Fsp3) is 0.565. The Morgan fingerprint density at radius 3 is 2.79 bits per heavy atom. The molecule has 0 radical (unpaired) electrons. The second-order valence-corrected chi connectivity index (χ2v) is 8.99. The minimum atomic E-state index is -1.36. The molecule has 2 aromatic rings. The summed E-state index contributed by atoms with van der Waals surface area (Å²) in [4.78, 5) is 21.6. The van der Waals surface area contributed by atoms with Gasteiger partial charge in [0.25, 0.3) is 0 Å². The van der Waals surface area contributed by atoms with Crippen molar-refractivity contribution in [1.82, 2.24) is 15.2 Å². The zero-order chi connectivity index (χ0) is 20.6. The van der Waals surface area contributed by atoms with Crippen LogP contribution in [0.15, 0.2) is 30.5 Å². The number of rotatable bonds is 4. The first-order valence-corrected chi connectivity index (χ1v) is 10.6. The van der Waals surface area contributed by atoms with Crippen LogP contribution in [0.2, 0.25) is 0 Å². The predicted octanol–water partition coefficient (Wildman–Crippen LogP) is 3.31. The molecular weight excluding hydrogens is 367 g/mol. The van der Waals surface area contributed by atoms with E-state index in [0.717, 1.165) is 35.2 Å². The first-order chi connectivity index (χ1) is 13.8. The van der Waals surface area contributed by atoms with Crippen LogP contribution in [0.3, 0.4) is 0 Å². The Morgan fingerprint density at radius 2 is 2.03 bits per heavy atom. The summed E-state index contributed by atoms with van der Waals surface area (Å²) in [6, 6.07) is 8.35. The van der Waals surface area contributed by atoms with Crippen molar-refractivity contribution in [2.24, 2.45) is 5.92 Å². The summed E-state index contributed by atoms with van der Waals surface area (Å²) in [5.41, 5.74) is 1.97. The van der Waals surface area contributed by atoms with Crippen LogP contribution in [-0.4, -0.2) is 60.7 Å². The molecule has 2 fully saturated rings. The number of benzene rings is 1. The largest absolute Gasteiger partial charge is 0.369 e. The number of likely N-dealkylation sites (tertiary alicyclic amines) is 1. The van der Waals surface area contributed by atoms with E-state index in [9.17, 15) is 4.79 Å². The second kappa shape index (κ2) is 7.90. The molecule has 0 spiro atoms. The van der Waals surface area contributed by atoms with Crippen molar-refractivity contribution in [2.45, 2.75) is 44.8 Å². The summed E-state index contributed by atoms with van der Waals surface area (Å²) >= 11 is 0. The average molecular weight is 399 g/mol. The first-order valence-electron chi connectivity index (χ1n) is 10.6. The lowest BCUT2D eigenvalue weighted by Gasteiger charge is -2.34. The van der Waals surface area contributed by atoms with Crippen molar-refractivity contribution < 1.29 is 9.18 Å². The van der Waals surface area contributed by atoms with Crippen LogP contribution in [-0.2, 0) is 4.79 Å². The Bertz CT molecular complexity index is 894. The smallest absolute Gasteiger partial charge is 0.223 e. The number of alkyl halides is 1. The van der Waals surface area contributed by atoms with Crippen LogP contribution >= 0.6 is 0 Å². The fourth-order valence-corrected chi connectivity index (χ4v) is 4.67. The van der Waals surface area contributed by atoms with Crippen molar-refractivity contribution in [3.63, 3.8) is 0 Å². The number of carbonyl (C=O) groups excluding carboxylic acids is 1.